The summed E-state index contributed by atoms with van der Waals surface area (Å²) in [5.74, 6) is 0.482. The summed E-state index contributed by atoms with van der Waals surface area (Å²) in [6.07, 6.45) is 0.714. The minimum absolute atomic E-state index is 0.00632. The van der Waals surface area contributed by atoms with E-state index in [4.69, 9.17) is 9.47 Å². The van der Waals surface area contributed by atoms with Crippen LogP contribution in [0.5, 0.6) is 5.75 Å². The molecule has 6 nitrogen and oxygen atoms in total. The van der Waals surface area contributed by atoms with E-state index in [0.29, 0.717) is 16.8 Å². The van der Waals surface area contributed by atoms with E-state index in [9.17, 15) is 10.1 Å². The van der Waals surface area contributed by atoms with Gasteiger partial charge in [-0.3, -0.25) is 10.1 Å². The Bertz CT molecular complexity index is 497. The molecule has 0 heterocycles. The van der Waals surface area contributed by atoms with Crippen LogP contribution in [-0.4, -0.2) is 36.8 Å². The predicted octanol–water partition coefficient (Wildman–Crippen LogP) is 2.50. The number of nitrogens with one attached hydrogen (secondary N) is 1. The first kappa shape index (κ1) is 15.2. The minimum Gasteiger partial charge on any atom is -0.487 e. The zero-order valence-electron chi connectivity index (χ0n) is 11.3. The monoisotopic (exact) mass is 344 g/mol. The molecule has 0 aliphatic heterocycles. The third-order valence-electron chi connectivity index (χ3n) is 3.33. The minimum atomic E-state index is -0.436. The summed E-state index contributed by atoms with van der Waals surface area (Å²) in [4.78, 5) is 10.4. The quantitative estimate of drug-likeness (QED) is 0.633. The summed E-state index contributed by atoms with van der Waals surface area (Å²) in [6, 6.07) is 4.87. The summed E-state index contributed by atoms with van der Waals surface area (Å²) in [7, 11) is 1.89. The Kier molecular flexibility index (Phi) is 4.95. The maximum atomic E-state index is 10.8. The molecule has 20 heavy (non-hydrogen) atoms. The number of hydrogen-bond acceptors (Lipinski definition) is 5. The van der Waals surface area contributed by atoms with Crippen LogP contribution in [-0.2, 0) is 4.74 Å². The normalized spacial score (nSPS) is 25.1. The Morgan fingerprint density at radius 1 is 1.50 bits per heavy atom. The zero-order chi connectivity index (χ0) is 14.7. The second-order valence-corrected chi connectivity index (χ2v) is 5.53. The summed E-state index contributed by atoms with van der Waals surface area (Å²) in [6.45, 7) is 2.55. The van der Waals surface area contributed by atoms with Crippen LogP contribution in [0.15, 0.2) is 22.7 Å². The Labute approximate surface area is 125 Å². The van der Waals surface area contributed by atoms with Gasteiger partial charge < -0.3 is 14.8 Å². The third-order valence-corrected chi connectivity index (χ3v) is 3.79. The van der Waals surface area contributed by atoms with Crippen molar-refractivity contribution in [1.29, 1.82) is 0 Å². The number of nitro groups is 1. The van der Waals surface area contributed by atoms with Crippen molar-refractivity contribution in [1.82, 2.24) is 5.32 Å². The highest BCUT2D eigenvalue weighted by Gasteiger charge is 2.42. The summed E-state index contributed by atoms with van der Waals surface area (Å²) < 4.78 is 12.1. The first-order valence-corrected chi connectivity index (χ1v) is 7.25. The number of benzene rings is 1. The molecule has 1 aliphatic rings. The van der Waals surface area contributed by atoms with Crippen molar-refractivity contribution in [2.45, 2.75) is 31.6 Å². The lowest BCUT2D eigenvalue weighted by Crippen LogP contribution is -2.60. The van der Waals surface area contributed by atoms with Crippen LogP contribution in [0.3, 0.4) is 0 Å². The Hall–Kier alpha value is -1.18. The molecule has 1 N–H and O–H groups in total. The first-order chi connectivity index (χ1) is 9.55. The lowest BCUT2D eigenvalue weighted by molar-refractivity contribution is -0.385. The number of halogens is 1. The van der Waals surface area contributed by atoms with E-state index in [1.165, 1.54) is 12.1 Å². The predicted molar refractivity (Wildman–Crippen MR) is 78.1 cm³/mol. The van der Waals surface area contributed by atoms with Crippen molar-refractivity contribution >= 4 is 21.6 Å². The molecule has 0 saturated heterocycles. The fourth-order valence-electron chi connectivity index (χ4n) is 2.29. The SMILES string of the molecule is CCOC1C(NC)CC1Oc1cc(Br)cc([N+](=O)[O-])c1. The molecule has 7 heteroatoms. The van der Waals surface area contributed by atoms with Gasteiger partial charge in [-0.2, -0.15) is 0 Å². The number of non-ortho nitro benzene ring substituents is 1. The maximum Gasteiger partial charge on any atom is 0.274 e. The van der Waals surface area contributed by atoms with Gasteiger partial charge in [0.1, 0.15) is 18.0 Å². The van der Waals surface area contributed by atoms with Crippen LogP contribution in [0.1, 0.15) is 13.3 Å². The molecule has 0 amide bonds. The van der Waals surface area contributed by atoms with Crippen molar-refractivity contribution in [3.63, 3.8) is 0 Å². The molecule has 1 aromatic carbocycles. The molecule has 2 rings (SSSR count). The summed E-state index contributed by atoms with van der Waals surface area (Å²) in [5.41, 5.74) is 0.00632. The summed E-state index contributed by atoms with van der Waals surface area (Å²) in [5, 5.41) is 14.0. The molecule has 1 aliphatic carbocycles. The topological polar surface area (TPSA) is 73.6 Å². The highest BCUT2D eigenvalue weighted by Crippen LogP contribution is 2.32. The van der Waals surface area contributed by atoms with Gasteiger partial charge in [0.15, 0.2) is 0 Å². The van der Waals surface area contributed by atoms with Crippen LogP contribution in [0, 0.1) is 10.1 Å². The van der Waals surface area contributed by atoms with E-state index in [2.05, 4.69) is 21.2 Å². The Balaban J connectivity index is 2.08. The van der Waals surface area contributed by atoms with Crippen LogP contribution >= 0.6 is 15.9 Å². The van der Waals surface area contributed by atoms with E-state index in [1.54, 1.807) is 6.07 Å². The molecule has 1 fully saturated rings. The van der Waals surface area contributed by atoms with Crippen molar-refractivity contribution in [2.24, 2.45) is 0 Å². The van der Waals surface area contributed by atoms with E-state index in [1.807, 2.05) is 14.0 Å². The van der Waals surface area contributed by atoms with Crippen molar-refractivity contribution < 1.29 is 14.4 Å². The smallest absolute Gasteiger partial charge is 0.274 e. The molecule has 0 bridgehead atoms. The molecule has 0 aromatic heterocycles. The van der Waals surface area contributed by atoms with Crippen LogP contribution in [0.2, 0.25) is 0 Å². The van der Waals surface area contributed by atoms with Crippen molar-refractivity contribution in [3.05, 3.63) is 32.8 Å². The van der Waals surface area contributed by atoms with E-state index < -0.39 is 4.92 Å². The Morgan fingerprint density at radius 2 is 2.25 bits per heavy atom. The third kappa shape index (κ3) is 3.28. The van der Waals surface area contributed by atoms with Gasteiger partial charge in [-0.25, -0.2) is 0 Å². The van der Waals surface area contributed by atoms with Crippen LogP contribution in [0.25, 0.3) is 0 Å². The lowest BCUT2D eigenvalue weighted by atomic mass is 9.85. The average molecular weight is 345 g/mol. The molecule has 110 valence electrons. The molecule has 3 unspecified atom stereocenters. The van der Waals surface area contributed by atoms with E-state index in [0.717, 1.165) is 6.42 Å². The Morgan fingerprint density at radius 3 is 2.85 bits per heavy atom. The summed E-state index contributed by atoms with van der Waals surface area (Å²) >= 11 is 3.25. The molecule has 0 spiro atoms. The zero-order valence-corrected chi connectivity index (χ0v) is 12.9. The van der Waals surface area contributed by atoms with Gasteiger partial charge in [-0.05, 0) is 20.0 Å². The molecule has 1 saturated carbocycles. The number of ether oxygens (including phenoxy) is 2. The molecule has 1 aromatic rings. The highest BCUT2D eigenvalue weighted by atomic mass is 79.9. The van der Waals surface area contributed by atoms with Crippen molar-refractivity contribution in [3.8, 4) is 5.75 Å². The van der Waals surface area contributed by atoms with Crippen molar-refractivity contribution in [2.75, 3.05) is 13.7 Å². The first-order valence-electron chi connectivity index (χ1n) is 6.45. The number of likely N-dealkylation sites (N-methyl/N-ethyl adjacent to an activating group) is 1. The van der Waals surface area contributed by atoms with Gasteiger partial charge in [-0.15, -0.1) is 0 Å². The van der Waals surface area contributed by atoms with Gasteiger partial charge in [-0.1, -0.05) is 15.9 Å². The number of rotatable bonds is 6. The van der Waals surface area contributed by atoms with Crippen LogP contribution in [0.4, 0.5) is 5.69 Å². The standard InChI is InChI=1S/C13H17BrN2O4/c1-3-19-13-11(15-2)7-12(13)20-10-5-8(14)4-9(6-10)16(17)18/h4-6,11-13,15H,3,7H2,1-2H3. The molecule has 3 atom stereocenters. The van der Waals surface area contributed by atoms with E-state index >= 15 is 0 Å². The fraction of sp³-hybridized carbons (Fsp3) is 0.538. The van der Waals surface area contributed by atoms with Gasteiger partial charge in [0.25, 0.3) is 5.69 Å². The maximum absolute atomic E-state index is 10.8. The number of nitro benzene ring substituents is 1. The van der Waals surface area contributed by atoms with Gasteiger partial charge >= 0.3 is 0 Å². The average Bonchev–Trinajstić information content (AvgIpc) is 2.39. The molecule has 0 radical (unpaired) electrons. The largest absolute Gasteiger partial charge is 0.487 e. The molecular weight excluding hydrogens is 328 g/mol. The van der Waals surface area contributed by atoms with Gasteiger partial charge in [0.05, 0.1) is 11.0 Å². The second-order valence-electron chi connectivity index (χ2n) is 4.61. The fourth-order valence-corrected chi connectivity index (χ4v) is 2.75. The number of nitrogens with zero attached hydrogens (tertiary/aromatic N) is 1. The van der Waals surface area contributed by atoms with Gasteiger partial charge in [0.2, 0.25) is 0 Å². The second kappa shape index (κ2) is 6.51. The van der Waals surface area contributed by atoms with E-state index in [-0.39, 0.29) is 23.9 Å². The van der Waals surface area contributed by atoms with Gasteiger partial charge in [0, 0.05) is 29.6 Å². The highest BCUT2D eigenvalue weighted by molar-refractivity contribution is 9.10. The number of hydrogen-bond donors (Lipinski definition) is 1. The molecular formula is C13H17BrN2O4. The van der Waals surface area contributed by atoms with Crippen LogP contribution < -0.4 is 10.1 Å². The lowest BCUT2D eigenvalue weighted by Gasteiger charge is -2.43.